The molecule has 0 bridgehead atoms. The summed E-state index contributed by atoms with van der Waals surface area (Å²) in [6, 6.07) is 1.94. The van der Waals surface area contributed by atoms with Crippen molar-refractivity contribution in [1.29, 1.82) is 0 Å². The average Bonchev–Trinajstić information content (AvgIpc) is 3.01. The van der Waals surface area contributed by atoms with Gasteiger partial charge in [0.15, 0.2) is 5.69 Å². The van der Waals surface area contributed by atoms with Crippen LogP contribution in [0.4, 0.5) is 0 Å². The lowest BCUT2D eigenvalue weighted by Crippen LogP contribution is -2.53. The molecular formula is C20H33N5O2. The van der Waals surface area contributed by atoms with Gasteiger partial charge in [0.1, 0.15) is 0 Å². The van der Waals surface area contributed by atoms with Gasteiger partial charge in [0.05, 0.1) is 0 Å². The third-order valence-corrected chi connectivity index (χ3v) is 5.97. The third-order valence-electron chi connectivity index (χ3n) is 5.97. The lowest BCUT2D eigenvalue weighted by atomic mass is 10.0. The fourth-order valence-electron chi connectivity index (χ4n) is 4.25. The molecular weight excluding hydrogens is 342 g/mol. The van der Waals surface area contributed by atoms with Crippen molar-refractivity contribution >= 4 is 11.8 Å². The Labute approximate surface area is 162 Å². The maximum absolute atomic E-state index is 12.8. The Morgan fingerprint density at radius 1 is 1.19 bits per heavy atom. The first kappa shape index (κ1) is 19.9. The lowest BCUT2D eigenvalue weighted by Gasteiger charge is -2.40. The highest BCUT2D eigenvalue weighted by molar-refractivity contribution is 5.92. The molecule has 0 radical (unpaired) electrons. The van der Waals surface area contributed by atoms with E-state index < -0.39 is 0 Å². The molecule has 0 spiro atoms. The maximum atomic E-state index is 12.8. The van der Waals surface area contributed by atoms with Crippen LogP contribution in [0.3, 0.4) is 0 Å². The standard InChI is InChI=1S/C20H33N5O2/c1-16-14-19(21-22(16)3)20(27)24-11-7-8-18(15-24)25(17(2)26)13-12-23-9-5-4-6-10-23/h14,18H,4-13,15H2,1-3H3. The fraction of sp³-hybridized carbons (Fsp3) is 0.750. The van der Waals surface area contributed by atoms with Gasteiger partial charge in [-0.1, -0.05) is 6.42 Å². The van der Waals surface area contributed by atoms with Gasteiger partial charge >= 0.3 is 0 Å². The summed E-state index contributed by atoms with van der Waals surface area (Å²) in [6.07, 6.45) is 5.73. The molecule has 27 heavy (non-hydrogen) atoms. The Balaban J connectivity index is 1.61. The molecule has 2 aliphatic heterocycles. The largest absolute Gasteiger partial charge is 0.337 e. The normalized spacial score (nSPS) is 21.3. The molecule has 3 rings (SSSR count). The summed E-state index contributed by atoms with van der Waals surface area (Å²) >= 11 is 0. The first-order valence-corrected chi connectivity index (χ1v) is 10.2. The molecule has 150 valence electrons. The SMILES string of the molecule is CC(=O)N(CCN1CCCCC1)C1CCCN(C(=O)c2cc(C)n(C)n2)C1. The van der Waals surface area contributed by atoms with Gasteiger partial charge in [0.2, 0.25) is 5.91 Å². The minimum Gasteiger partial charge on any atom is -0.337 e. The van der Waals surface area contributed by atoms with Crippen molar-refractivity contribution in [2.24, 2.45) is 7.05 Å². The monoisotopic (exact) mass is 375 g/mol. The van der Waals surface area contributed by atoms with Crippen LogP contribution < -0.4 is 0 Å². The van der Waals surface area contributed by atoms with E-state index in [-0.39, 0.29) is 17.9 Å². The zero-order valence-electron chi connectivity index (χ0n) is 17.0. The minimum absolute atomic E-state index is 0.0251. The van der Waals surface area contributed by atoms with Crippen molar-refractivity contribution in [3.8, 4) is 0 Å². The molecule has 0 N–H and O–H groups in total. The number of aromatic nitrogens is 2. The number of carbonyl (C=O) groups is 2. The van der Waals surface area contributed by atoms with Crippen LogP contribution in [0.15, 0.2) is 6.07 Å². The second-order valence-electron chi connectivity index (χ2n) is 7.96. The van der Waals surface area contributed by atoms with Crippen LogP contribution in [0.25, 0.3) is 0 Å². The Hall–Kier alpha value is -1.89. The number of piperidine rings is 2. The Morgan fingerprint density at radius 3 is 2.56 bits per heavy atom. The van der Waals surface area contributed by atoms with Gasteiger partial charge in [-0.05, 0) is 51.8 Å². The number of rotatable bonds is 5. The molecule has 1 unspecified atom stereocenters. The second kappa shape index (κ2) is 8.87. The highest BCUT2D eigenvalue weighted by Gasteiger charge is 2.30. The fourth-order valence-corrected chi connectivity index (χ4v) is 4.25. The Kier molecular flexibility index (Phi) is 6.52. The van der Waals surface area contributed by atoms with Crippen LogP contribution in [-0.2, 0) is 11.8 Å². The van der Waals surface area contributed by atoms with Crippen LogP contribution in [0, 0.1) is 6.92 Å². The molecule has 7 heteroatoms. The number of nitrogens with zero attached hydrogens (tertiary/aromatic N) is 5. The van der Waals surface area contributed by atoms with Gasteiger partial charge < -0.3 is 14.7 Å². The van der Waals surface area contributed by atoms with E-state index in [1.165, 1.54) is 19.3 Å². The molecule has 2 fully saturated rings. The van der Waals surface area contributed by atoms with E-state index in [0.717, 1.165) is 51.3 Å². The van der Waals surface area contributed by atoms with Crippen molar-refractivity contribution in [2.45, 2.75) is 52.0 Å². The van der Waals surface area contributed by atoms with Crippen molar-refractivity contribution in [1.82, 2.24) is 24.5 Å². The quantitative estimate of drug-likeness (QED) is 0.785. The first-order chi connectivity index (χ1) is 13.0. The summed E-state index contributed by atoms with van der Waals surface area (Å²) in [5.74, 6) is 0.0860. The summed E-state index contributed by atoms with van der Waals surface area (Å²) in [5, 5.41) is 4.33. The number of likely N-dealkylation sites (tertiary alicyclic amines) is 2. The van der Waals surface area contributed by atoms with Gasteiger partial charge in [0, 0.05) is 51.9 Å². The highest BCUT2D eigenvalue weighted by atomic mass is 16.2. The molecule has 2 amide bonds. The van der Waals surface area contributed by atoms with Crippen LogP contribution in [0.5, 0.6) is 0 Å². The Bertz CT molecular complexity index is 646. The van der Waals surface area contributed by atoms with E-state index in [4.69, 9.17) is 0 Å². The van der Waals surface area contributed by atoms with E-state index in [1.807, 2.05) is 29.8 Å². The number of hydrogen-bond acceptors (Lipinski definition) is 4. The summed E-state index contributed by atoms with van der Waals surface area (Å²) in [6.45, 7) is 8.91. The summed E-state index contributed by atoms with van der Waals surface area (Å²) in [7, 11) is 1.85. The summed E-state index contributed by atoms with van der Waals surface area (Å²) < 4.78 is 1.73. The van der Waals surface area contributed by atoms with Crippen molar-refractivity contribution < 1.29 is 9.59 Å². The van der Waals surface area contributed by atoms with Gasteiger partial charge in [-0.15, -0.1) is 0 Å². The molecule has 0 aromatic carbocycles. The number of aryl methyl sites for hydroxylation is 2. The van der Waals surface area contributed by atoms with Crippen LogP contribution in [-0.4, -0.2) is 81.6 Å². The van der Waals surface area contributed by atoms with Gasteiger partial charge in [-0.2, -0.15) is 5.10 Å². The van der Waals surface area contributed by atoms with E-state index >= 15 is 0 Å². The molecule has 3 heterocycles. The molecule has 1 aromatic heterocycles. The molecule has 0 aliphatic carbocycles. The lowest BCUT2D eigenvalue weighted by molar-refractivity contribution is -0.132. The predicted octanol–water partition coefficient (Wildman–Crippen LogP) is 1.67. The molecule has 1 aromatic rings. The maximum Gasteiger partial charge on any atom is 0.274 e. The van der Waals surface area contributed by atoms with Crippen molar-refractivity contribution in [3.63, 3.8) is 0 Å². The smallest absolute Gasteiger partial charge is 0.274 e. The van der Waals surface area contributed by atoms with Gasteiger partial charge in [-0.3, -0.25) is 14.3 Å². The van der Waals surface area contributed by atoms with Crippen molar-refractivity contribution in [3.05, 3.63) is 17.5 Å². The summed E-state index contributed by atoms with van der Waals surface area (Å²) in [5.41, 5.74) is 1.47. The zero-order chi connectivity index (χ0) is 19.4. The summed E-state index contributed by atoms with van der Waals surface area (Å²) in [4.78, 5) is 31.5. The molecule has 2 aliphatic rings. The van der Waals surface area contributed by atoms with E-state index in [2.05, 4.69) is 10.00 Å². The second-order valence-corrected chi connectivity index (χ2v) is 7.96. The molecule has 0 saturated carbocycles. The zero-order valence-corrected chi connectivity index (χ0v) is 17.0. The molecule has 2 saturated heterocycles. The van der Waals surface area contributed by atoms with Gasteiger partial charge in [-0.25, -0.2) is 0 Å². The van der Waals surface area contributed by atoms with Crippen LogP contribution in [0.2, 0.25) is 0 Å². The first-order valence-electron chi connectivity index (χ1n) is 10.2. The molecule has 1 atom stereocenters. The predicted molar refractivity (Wildman–Crippen MR) is 105 cm³/mol. The van der Waals surface area contributed by atoms with Crippen molar-refractivity contribution in [2.75, 3.05) is 39.3 Å². The Morgan fingerprint density at radius 2 is 1.93 bits per heavy atom. The van der Waals surface area contributed by atoms with Gasteiger partial charge in [0.25, 0.3) is 5.91 Å². The topological polar surface area (TPSA) is 61.7 Å². The van der Waals surface area contributed by atoms with Crippen LogP contribution in [0.1, 0.15) is 55.2 Å². The molecule has 7 nitrogen and oxygen atoms in total. The number of hydrogen-bond donors (Lipinski definition) is 0. The number of amides is 2. The highest BCUT2D eigenvalue weighted by Crippen LogP contribution is 2.19. The third kappa shape index (κ3) is 4.89. The average molecular weight is 376 g/mol. The van der Waals surface area contributed by atoms with E-state index in [9.17, 15) is 9.59 Å². The number of carbonyl (C=O) groups excluding carboxylic acids is 2. The van der Waals surface area contributed by atoms with E-state index in [1.54, 1.807) is 11.6 Å². The van der Waals surface area contributed by atoms with Crippen LogP contribution >= 0.6 is 0 Å². The van der Waals surface area contributed by atoms with E-state index in [0.29, 0.717) is 12.2 Å². The minimum atomic E-state index is -0.0251.